The van der Waals surface area contributed by atoms with Crippen LogP contribution in [0.15, 0.2) is 6.07 Å². The highest BCUT2D eigenvalue weighted by molar-refractivity contribution is 6.32. The first-order valence-corrected chi connectivity index (χ1v) is 8.22. The summed E-state index contributed by atoms with van der Waals surface area (Å²) in [5.74, 6) is 1.50. The van der Waals surface area contributed by atoms with Crippen molar-refractivity contribution in [2.24, 2.45) is 7.05 Å². The lowest BCUT2D eigenvalue weighted by atomic mass is 9.98. The Kier molecular flexibility index (Phi) is 4.08. The molecule has 0 amide bonds. The zero-order valence-electron chi connectivity index (χ0n) is 13.8. The van der Waals surface area contributed by atoms with Crippen molar-refractivity contribution in [3.63, 3.8) is 0 Å². The fraction of sp³-hybridized carbons (Fsp3) is 0.400. The van der Waals surface area contributed by atoms with Crippen LogP contribution in [0.3, 0.4) is 0 Å². The fourth-order valence-corrected chi connectivity index (χ4v) is 3.49. The smallest absolute Gasteiger partial charge is 0.233 e. The van der Waals surface area contributed by atoms with E-state index in [0.29, 0.717) is 22.6 Å². The second-order valence-electron chi connectivity index (χ2n) is 5.89. The van der Waals surface area contributed by atoms with Crippen molar-refractivity contribution in [2.45, 2.75) is 12.5 Å². The number of halogens is 1. The van der Waals surface area contributed by atoms with Gasteiger partial charge < -0.3 is 14.4 Å². The molecule has 3 aromatic rings. The van der Waals surface area contributed by atoms with Gasteiger partial charge >= 0.3 is 0 Å². The Morgan fingerprint density at radius 3 is 2.76 bits per heavy atom. The molecule has 25 heavy (non-hydrogen) atoms. The molecule has 1 aliphatic heterocycles. The number of hydrogen-bond donors (Lipinski definition) is 4. The van der Waals surface area contributed by atoms with E-state index in [1.165, 1.54) is 0 Å². The maximum Gasteiger partial charge on any atom is 0.233 e. The molecule has 0 aromatic carbocycles. The Hall–Kier alpha value is -2.20. The molecule has 4 heterocycles. The molecule has 0 atom stereocenters. The highest BCUT2D eigenvalue weighted by atomic mass is 35.5. The Morgan fingerprint density at radius 1 is 1.36 bits per heavy atom. The van der Waals surface area contributed by atoms with E-state index in [-0.39, 0.29) is 12.5 Å². The van der Waals surface area contributed by atoms with Crippen LogP contribution >= 0.6 is 11.6 Å². The van der Waals surface area contributed by atoms with Crippen LogP contribution in [0.2, 0.25) is 5.02 Å². The van der Waals surface area contributed by atoms with Gasteiger partial charge in [-0.2, -0.15) is 5.10 Å². The lowest BCUT2D eigenvalue weighted by Crippen LogP contribution is -2.21. The van der Waals surface area contributed by atoms with Crippen molar-refractivity contribution in [1.82, 2.24) is 35.6 Å². The SMILES string of the molecule is COc1nc2c(C3CNNC3)c(-c3n[nH]c(CO)n3)n(C)c2cc1Cl. The third-order valence-electron chi connectivity index (χ3n) is 4.45. The predicted molar refractivity (Wildman–Crippen MR) is 92.3 cm³/mol. The summed E-state index contributed by atoms with van der Waals surface area (Å²) in [4.78, 5) is 9.01. The number of rotatable bonds is 4. The van der Waals surface area contributed by atoms with Gasteiger partial charge in [0.15, 0.2) is 11.6 Å². The highest BCUT2D eigenvalue weighted by Gasteiger charge is 2.29. The number of methoxy groups -OCH3 is 1. The molecule has 10 heteroatoms. The standard InChI is InChI=1S/C15H18ClN7O2/c1-23-9-3-8(16)15(25-2)20-12(9)11(7-4-17-18-5-7)13(23)14-19-10(6-24)21-22-14/h3,7,17-18,24H,4-6H2,1-2H3,(H,19,21,22). The molecule has 0 aliphatic carbocycles. The Morgan fingerprint density at radius 2 is 2.12 bits per heavy atom. The first-order valence-electron chi connectivity index (χ1n) is 7.85. The van der Waals surface area contributed by atoms with E-state index in [4.69, 9.17) is 16.3 Å². The molecule has 0 unspecified atom stereocenters. The number of aromatic nitrogens is 5. The largest absolute Gasteiger partial charge is 0.480 e. The average Bonchev–Trinajstić information content (AvgIpc) is 3.34. The quantitative estimate of drug-likeness (QED) is 0.539. The van der Waals surface area contributed by atoms with Crippen LogP contribution < -0.4 is 15.6 Å². The third-order valence-corrected chi connectivity index (χ3v) is 4.72. The van der Waals surface area contributed by atoms with Gasteiger partial charge in [-0.25, -0.2) is 9.97 Å². The minimum absolute atomic E-state index is 0.188. The van der Waals surface area contributed by atoms with Crippen LogP contribution in [0.5, 0.6) is 5.88 Å². The summed E-state index contributed by atoms with van der Waals surface area (Å²) in [7, 11) is 3.47. The summed E-state index contributed by atoms with van der Waals surface area (Å²) < 4.78 is 7.27. The number of aromatic amines is 1. The zero-order chi connectivity index (χ0) is 17.6. The topological polar surface area (TPSA) is 113 Å². The van der Waals surface area contributed by atoms with E-state index in [9.17, 15) is 5.11 Å². The monoisotopic (exact) mass is 363 g/mol. The summed E-state index contributed by atoms with van der Waals surface area (Å²) in [6.45, 7) is 1.32. The van der Waals surface area contributed by atoms with E-state index in [1.54, 1.807) is 7.11 Å². The van der Waals surface area contributed by atoms with Gasteiger partial charge in [0.2, 0.25) is 5.88 Å². The number of hydrazine groups is 1. The van der Waals surface area contributed by atoms with Crippen LogP contribution in [-0.4, -0.2) is 50.0 Å². The van der Waals surface area contributed by atoms with Crippen molar-refractivity contribution in [1.29, 1.82) is 0 Å². The first kappa shape index (κ1) is 16.3. The van der Waals surface area contributed by atoms with Gasteiger partial charge in [0, 0.05) is 31.6 Å². The van der Waals surface area contributed by atoms with Crippen molar-refractivity contribution >= 4 is 22.6 Å². The maximum absolute atomic E-state index is 9.29. The highest BCUT2D eigenvalue weighted by Crippen LogP contribution is 2.38. The molecular weight excluding hydrogens is 346 g/mol. The van der Waals surface area contributed by atoms with Gasteiger partial charge in [-0.1, -0.05) is 11.6 Å². The lowest BCUT2D eigenvalue weighted by Gasteiger charge is -2.09. The summed E-state index contributed by atoms with van der Waals surface area (Å²) in [5.41, 5.74) is 9.84. The number of nitrogens with zero attached hydrogens (tertiary/aromatic N) is 4. The third kappa shape index (κ3) is 2.56. The number of fused-ring (bicyclic) bond motifs is 1. The molecule has 1 saturated heterocycles. The Labute approximate surface area is 148 Å². The van der Waals surface area contributed by atoms with E-state index in [2.05, 4.69) is 31.0 Å². The van der Waals surface area contributed by atoms with E-state index in [0.717, 1.165) is 35.4 Å². The van der Waals surface area contributed by atoms with Crippen LogP contribution in [0.4, 0.5) is 0 Å². The minimum Gasteiger partial charge on any atom is -0.480 e. The number of aliphatic hydroxyl groups is 1. The van der Waals surface area contributed by atoms with E-state index in [1.807, 2.05) is 17.7 Å². The molecule has 1 fully saturated rings. The van der Waals surface area contributed by atoms with E-state index < -0.39 is 0 Å². The van der Waals surface area contributed by atoms with Gasteiger partial charge in [0.25, 0.3) is 0 Å². The van der Waals surface area contributed by atoms with Gasteiger partial charge in [0.05, 0.1) is 23.8 Å². The Balaban J connectivity index is 2.02. The van der Waals surface area contributed by atoms with Crippen LogP contribution in [-0.2, 0) is 13.7 Å². The van der Waals surface area contributed by atoms with Gasteiger partial charge in [0.1, 0.15) is 11.6 Å². The zero-order valence-corrected chi connectivity index (χ0v) is 14.6. The van der Waals surface area contributed by atoms with Crippen molar-refractivity contribution < 1.29 is 9.84 Å². The van der Waals surface area contributed by atoms with Gasteiger partial charge in [-0.3, -0.25) is 16.0 Å². The van der Waals surface area contributed by atoms with Crippen molar-refractivity contribution in [3.05, 3.63) is 22.5 Å². The summed E-state index contributed by atoms with van der Waals surface area (Å²) in [6, 6.07) is 1.84. The van der Waals surface area contributed by atoms with E-state index >= 15 is 0 Å². The maximum atomic E-state index is 9.29. The second-order valence-corrected chi connectivity index (χ2v) is 6.30. The number of H-pyrrole nitrogens is 1. The van der Waals surface area contributed by atoms with Gasteiger partial charge in [-0.15, -0.1) is 0 Å². The average molecular weight is 364 g/mol. The minimum atomic E-state index is -0.198. The molecule has 0 spiro atoms. The first-order chi connectivity index (χ1) is 12.1. The molecule has 0 bridgehead atoms. The molecule has 132 valence electrons. The number of aliphatic hydroxyl groups excluding tert-OH is 1. The molecule has 3 aromatic heterocycles. The molecule has 0 radical (unpaired) electrons. The lowest BCUT2D eigenvalue weighted by molar-refractivity contribution is 0.272. The van der Waals surface area contributed by atoms with Crippen LogP contribution in [0.25, 0.3) is 22.6 Å². The molecule has 4 N–H and O–H groups in total. The molecule has 0 saturated carbocycles. The summed E-state index contributed by atoms with van der Waals surface area (Å²) >= 11 is 6.27. The number of aryl methyl sites for hydroxylation is 1. The van der Waals surface area contributed by atoms with Gasteiger partial charge in [-0.05, 0) is 6.07 Å². The molecule has 9 nitrogen and oxygen atoms in total. The normalized spacial score (nSPS) is 15.4. The van der Waals surface area contributed by atoms with Crippen LogP contribution in [0, 0.1) is 0 Å². The number of hydrogen-bond acceptors (Lipinski definition) is 7. The Bertz CT molecular complexity index is 930. The van der Waals surface area contributed by atoms with Crippen molar-refractivity contribution in [3.8, 4) is 17.4 Å². The number of nitrogens with one attached hydrogen (secondary N) is 3. The number of pyridine rings is 1. The van der Waals surface area contributed by atoms with Crippen molar-refractivity contribution in [2.75, 3.05) is 20.2 Å². The fourth-order valence-electron chi connectivity index (χ4n) is 3.27. The van der Waals surface area contributed by atoms with Crippen LogP contribution in [0.1, 0.15) is 17.3 Å². The summed E-state index contributed by atoms with van der Waals surface area (Å²) in [6.07, 6.45) is 0. The number of ether oxygens (including phenoxy) is 1. The summed E-state index contributed by atoms with van der Waals surface area (Å²) in [5, 5.41) is 16.7. The molecule has 4 rings (SSSR count). The molecule has 1 aliphatic rings. The molecular formula is C15H18ClN7O2. The second kappa shape index (κ2) is 6.26. The predicted octanol–water partition coefficient (Wildman–Crippen LogP) is 0.704.